The third-order valence-electron chi connectivity index (χ3n) is 5.24. The van der Waals surface area contributed by atoms with Gasteiger partial charge < -0.3 is 10.4 Å². The smallest absolute Gasteiger partial charge is 0.307 e. The van der Waals surface area contributed by atoms with Gasteiger partial charge in [-0.15, -0.1) is 11.8 Å². The number of anilines is 1. The monoisotopic (exact) mass is 347 g/mol. The third-order valence-corrected chi connectivity index (χ3v) is 6.57. The number of thioether (sulfide) groups is 1. The van der Waals surface area contributed by atoms with Crippen molar-refractivity contribution in [3.63, 3.8) is 0 Å². The number of aliphatic carboxylic acids is 1. The minimum Gasteiger partial charge on any atom is -0.481 e. The Morgan fingerprint density at radius 3 is 2.38 bits per heavy atom. The fraction of sp³-hybridized carbons (Fsp3) is 0.579. The molecular weight excluding hydrogens is 322 g/mol. The molecule has 2 aliphatic carbocycles. The first-order valence-corrected chi connectivity index (χ1v) is 9.73. The number of aryl methyl sites for hydroxylation is 1. The van der Waals surface area contributed by atoms with Gasteiger partial charge in [0, 0.05) is 15.8 Å². The number of carboxylic acid groups (broad SMARTS) is 1. The van der Waals surface area contributed by atoms with Crippen molar-refractivity contribution in [3.05, 3.63) is 23.8 Å². The molecule has 130 valence electrons. The second kappa shape index (κ2) is 7.60. The molecule has 2 atom stereocenters. The van der Waals surface area contributed by atoms with Crippen molar-refractivity contribution in [2.24, 2.45) is 11.8 Å². The van der Waals surface area contributed by atoms with E-state index >= 15 is 0 Å². The maximum Gasteiger partial charge on any atom is 0.307 e. The molecule has 1 amide bonds. The van der Waals surface area contributed by atoms with Gasteiger partial charge in [0.05, 0.1) is 11.8 Å². The average molecular weight is 347 g/mol. The predicted octanol–water partition coefficient (Wildman–Crippen LogP) is 4.47. The van der Waals surface area contributed by atoms with Crippen molar-refractivity contribution in [2.75, 3.05) is 5.32 Å². The Kier molecular flexibility index (Phi) is 5.49. The summed E-state index contributed by atoms with van der Waals surface area (Å²) in [7, 11) is 0. The Labute approximate surface area is 147 Å². The average Bonchev–Trinajstić information content (AvgIpc) is 2.49. The molecule has 2 unspecified atom stereocenters. The summed E-state index contributed by atoms with van der Waals surface area (Å²) >= 11 is 1.94. The first-order valence-electron chi connectivity index (χ1n) is 8.85. The van der Waals surface area contributed by atoms with Crippen LogP contribution in [0.2, 0.25) is 0 Å². The van der Waals surface area contributed by atoms with Crippen LogP contribution in [0, 0.1) is 18.8 Å². The van der Waals surface area contributed by atoms with Gasteiger partial charge in [0.25, 0.3) is 0 Å². The van der Waals surface area contributed by atoms with E-state index in [-0.39, 0.29) is 5.91 Å². The zero-order chi connectivity index (χ0) is 17.1. The van der Waals surface area contributed by atoms with Crippen molar-refractivity contribution >= 4 is 29.3 Å². The van der Waals surface area contributed by atoms with Crippen molar-refractivity contribution in [1.82, 2.24) is 0 Å². The Hall–Kier alpha value is -1.49. The molecule has 0 aliphatic heterocycles. The van der Waals surface area contributed by atoms with Gasteiger partial charge in [-0.2, -0.15) is 0 Å². The topological polar surface area (TPSA) is 66.4 Å². The first-order chi connectivity index (χ1) is 11.5. The molecule has 2 saturated carbocycles. The summed E-state index contributed by atoms with van der Waals surface area (Å²) in [6.45, 7) is 2.00. The van der Waals surface area contributed by atoms with E-state index in [1.54, 1.807) is 0 Å². The van der Waals surface area contributed by atoms with E-state index in [4.69, 9.17) is 5.11 Å². The quantitative estimate of drug-likeness (QED) is 0.825. The highest BCUT2D eigenvalue weighted by Gasteiger charge is 2.41. The summed E-state index contributed by atoms with van der Waals surface area (Å²) in [4.78, 5) is 24.6. The van der Waals surface area contributed by atoms with Gasteiger partial charge in [-0.3, -0.25) is 9.59 Å². The summed E-state index contributed by atoms with van der Waals surface area (Å²) in [6, 6.07) is 6.15. The van der Waals surface area contributed by atoms with Crippen LogP contribution in [-0.4, -0.2) is 22.2 Å². The molecule has 2 fully saturated rings. The van der Waals surface area contributed by atoms with E-state index in [0.29, 0.717) is 18.1 Å². The van der Waals surface area contributed by atoms with Crippen LogP contribution in [0.4, 0.5) is 5.69 Å². The van der Waals surface area contributed by atoms with Crippen molar-refractivity contribution in [2.45, 2.75) is 62.0 Å². The largest absolute Gasteiger partial charge is 0.481 e. The van der Waals surface area contributed by atoms with Crippen molar-refractivity contribution < 1.29 is 14.7 Å². The summed E-state index contributed by atoms with van der Waals surface area (Å²) < 4.78 is 0. The number of carbonyl (C=O) groups is 2. The summed E-state index contributed by atoms with van der Waals surface area (Å²) in [5.74, 6) is -1.94. The van der Waals surface area contributed by atoms with E-state index in [9.17, 15) is 9.59 Å². The number of nitrogens with one attached hydrogen (secondary N) is 1. The maximum atomic E-state index is 12.3. The third kappa shape index (κ3) is 3.94. The molecule has 3 rings (SSSR count). The molecule has 2 N–H and O–H groups in total. The second-order valence-corrected chi connectivity index (χ2v) is 8.35. The van der Waals surface area contributed by atoms with Crippen LogP contribution in [0.15, 0.2) is 23.1 Å². The van der Waals surface area contributed by atoms with Gasteiger partial charge >= 0.3 is 5.97 Å². The fourth-order valence-corrected chi connectivity index (χ4v) is 4.91. The van der Waals surface area contributed by atoms with Gasteiger partial charge in [0.15, 0.2) is 0 Å². The molecule has 0 saturated heterocycles. The van der Waals surface area contributed by atoms with E-state index in [0.717, 1.165) is 11.3 Å². The first kappa shape index (κ1) is 17.3. The molecule has 0 heterocycles. The fourth-order valence-electron chi connectivity index (χ4n) is 3.56. The van der Waals surface area contributed by atoms with Gasteiger partial charge in [0.1, 0.15) is 0 Å². The highest BCUT2D eigenvalue weighted by Crippen LogP contribution is 2.37. The van der Waals surface area contributed by atoms with Crippen molar-refractivity contribution in [1.29, 1.82) is 0 Å². The summed E-state index contributed by atoms with van der Waals surface area (Å²) in [6.07, 6.45) is 7.87. The Morgan fingerprint density at radius 2 is 1.79 bits per heavy atom. The lowest BCUT2D eigenvalue weighted by Gasteiger charge is -2.32. The highest BCUT2D eigenvalue weighted by atomic mass is 32.2. The van der Waals surface area contributed by atoms with E-state index in [1.165, 1.54) is 37.0 Å². The lowest BCUT2D eigenvalue weighted by molar-refractivity contribution is -0.151. The van der Waals surface area contributed by atoms with Crippen LogP contribution in [0.3, 0.4) is 0 Å². The lowest BCUT2D eigenvalue weighted by Crippen LogP contribution is -2.41. The van der Waals surface area contributed by atoms with Gasteiger partial charge in [-0.25, -0.2) is 0 Å². The van der Waals surface area contributed by atoms with Crippen LogP contribution in [0.25, 0.3) is 0 Å². The summed E-state index contributed by atoms with van der Waals surface area (Å²) in [5, 5.41) is 12.7. The van der Waals surface area contributed by atoms with E-state index in [1.807, 2.05) is 24.8 Å². The highest BCUT2D eigenvalue weighted by molar-refractivity contribution is 8.00. The molecule has 2 aliphatic rings. The number of carboxylic acids is 1. The Balaban J connectivity index is 1.60. The van der Waals surface area contributed by atoms with Crippen LogP contribution >= 0.6 is 11.8 Å². The molecule has 0 radical (unpaired) electrons. The molecule has 1 aromatic carbocycles. The minimum absolute atomic E-state index is 0.163. The molecule has 5 heteroatoms. The Morgan fingerprint density at radius 1 is 1.08 bits per heavy atom. The SMILES string of the molecule is Cc1cc(SC2CCCCC2)ccc1NC(=O)C1CCC1C(=O)O. The predicted molar refractivity (Wildman–Crippen MR) is 96.4 cm³/mol. The molecule has 0 spiro atoms. The number of rotatable bonds is 5. The van der Waals surface area contributed by atoms with Gasteiger partial charge in [-0.1, -0.05) is 19.3 Å². The number of amides is 1. The van der Waals surface area contributed by atoms with Crippen LogP contribution in [-0.2, 0) is 9.59 Å². The Bertz CT molecular complexity index is 625. The lowest BCUT2D eigenvalue weighted by atomic mass is 9.73. The van der Waals surface area contributed by atoms with E-state index in [2.05, 4.69) is 17.4 Å². The standard InChI is InChI=1S/C19H25NO3S/c1-12-11-14(24-13-5-3-2-4-6-13)7-10-17(12)20-18(21)15-8-9-16(15)19(22)23/h7,10-11,13,15-16H,2-6,8-9H2,1H3,(H,20,21)(H,22,23). The van der Waals surface area contributed by atoms with E-state index < -0.39 is 17.8 Å². The minimum atomic E-state index is -0.864. The number of hydrogen-bond donors (Lipinski definition) is 2. The van der Waals surface area contributed by atoms with Crippen LogP contribution in [0.5, 0.6) is 0 Å². The normalized spacial score (nSPS) is 24.2. The number of benzene rings is 1. The molecule has 1 aromatic rings. The van der Waals surface area contributed by atoms with Crippen molar-refractivity contribution in [3.8, 4) is 0 Å². The molecular formula is C19H25NO3S. The van der Waals surface area contributed by atoms with Gasteiger partial charge in [0.2, 0.25) is 5.91 Å². The van der Waals surface area contributed by atoms with Gasteiger partial charge in [-0.05, 0) is 56.4 Å². The molecule has 24 heavy (non-hydrogen) atoms. The van der Waals surface area contributed by atoms with Crippen LogP contribution in [0.1, 0.15) is 50.5 Å². The molecule has 4 nitrogen and oxygen atoms in total. The number of carbonyl (C=O) groups excluding carboxylic acids is 1. The zero-order valence-electron chi connectivity index (χ0n) is 14.1. The zero-order valence-corrected chi connectivity index (χ0v) is 14.9. The summed E-state index contributed by atoms with van der Waals surface area (Å²) in [5.41, 5.74) is 1.83. The van der Waals surface area contributed by atoms with Crippen LogP contribution < -0.4 is 5.32 Å². The number of hydrogen-bond acceptors (Lipinski definition) is 3. The maximum absolute atomic E-state index is 12.3. The second-order valence-electron chi connectivity index (χ2n) is 6.97. The molecule has 0 aromatic heterocycles. The molecule has 0 bridgehead atoms.